The smallest absolute Gasteiger partial charge is 0.238 e. The van der Waals surface area contributed by atoms with Crippen LogP contribution in [0.2, 0.25) is 5.02 Å². The zero-order chi connectivity index (χ0) is 15.7. The quantitative estimate of drug-likeness (QED) is 0.897. The van der Waals surface area contributed by atoms with E-state index in [0.717, 1.165) is 19.5 Å². The first kappa shape index (κ1) is 15.7. The van der Waals surface area contributed by atoms with Crippen molar-refractivity contribution in [3.63, 3.8) is 0 Å². The highest BCUT2D eigenvalue weighted by molar-refractivity contribution is 6.33. The Labute approximate surface area is 134 Å². The van der Waals surface area contributed by atoms with E-state index in [9.17, 15) is 9.18 Å². The van der Waals surface area contributed by atoms with Gasteiger partial charge in [0.25, 0.3) is 0 Å². The summed E-state index contributed by atoms with van der Waals surface area (Å²) in [6.07, 6.45) is 3.49. The van der Waals surface area contributed by atoms with Crippen molar-refractivity contribution in [3.05, 3.63) is 29.0 Å². The van der Waals surface area contributed by atoms with Crippen molar-refractivity contribution in [1.29, 1.82) is 0 Å². The third-order valence-corrected chi connectivity index (χ3v) is 5.11. The number of carbonyl (C=O) groups excluding carboxylic acids is 1. The van der Waals surface area contributed by atoms with Gasteiger partial charge in [-0.2, -0.15) is 0 Å². The van der Waals surface area contributed by atoms with Gasteiger partial charge in [0.2, 0.25) is 5.91 Å². The molecule has 1 amide bonds. The highest BCUT2D eigenvalue weighted by Gasteiger charge is 2.38. The molecule has 1 saturated heterocycles. The predicted octanol–water partition coefficient (Wildman–Crippen LogP) is 2.48. The Hall–Kier alpha value is -1.17. The minimum Gasteiger partial charge on any atom is -0.327 e. The Morgan fingerprint density at radius 3 is 2.95 bits per heavy atom. The second kappa shape index (κ2) is 6.52. The molecule has 1 aromatic rings. The second-order valence-corrected chi connectivity index (χ2v) is 6.79. The Balaban J connectivity index is 1.56. The molecule has 1 heterocycles. The molecule has 2 aliphatic rings. The lowest BCUT2D eigenvalue weighted by atomic mass is 9.78. The average Bonchev–Trinajstić information content (AvgIpc) is 2.86. The molecule has 1 saturated carbocycles. The summed E-state index contributed by atoms with van der Waals surface area (Å²) in [5.74, 6) is 0.586. The fraction of sp³-hybridized carbons (Fsp3) is 0.562. The first-order chi connectivity index (χ1) is 10.5. The van der Waals surface area contributed by atoms with Gasteiger partial charge in [0, 0.05) is 19.1 Å². The van der Waals surface area contributed by atoms with Gasteiger partial charge < -0.3 is 11.1 Å². The summed E-state index contributed by atoms with van der Waals surface area (Å²) >= 11 is 5.92. The molecule has 2 fully saturated rings. The lowest BCUT2D eigenvalue weighted by Gasteiger charge is -2.29. The van der Waals surface area contributed by atoms with Crippen LogP contribution >= 0.6 is 11.6 Å². The van der Waals surface area contributed by atoms with Gasteiger partial charge in [0.05, 0.1) is 17.3 Å². The Bertz CT molecular complexity index is 568. The molecule has 3 unspecified atom stereocenters. The van der Waals surface area contributed by atoms with Crippen molar-refractivity contribution < 1.29 is 9.18 Å². The highest BCUT2D eigenvalue weighted by Crippen LogP contribution is 2.35. The van der Waals surface area contributed by atoms with E-state index < -0.39 is 5.82 Å². The molecule has 0 spiro atoms. The molecule has 22 heavy (non-hydrogen) atoms. The van der Waals surface area contributed by atoms with Gasteiger partial charge in [-0.1, -0.05) is 18.0 Å². The van der Waals surface area contributed by atoms with E-state index in [1.807, 2.05) is 0 Å². The number of fused-ring (bicyclic) bond motifs is 1. The van der Waals surface area contributed by atoms with Crippen molar-refractivity contribution in [2.75, 3.05) is 25.0 Å². The van der Waals surface area contributed by atoms with Gasteiger partial charge in [0.1, 0.15) is 5.82 Å². The molecule has 0 aromatic heterocycles. The third kappa shape index (κ3) is 3.42. The lowest BCUT2D eigenvalue weighted by Crippen LogP contribution is -2.38. The maximum absolute atomic E-state index is 13.0. The van der Waals surface area contributed by atoms with Gasteiger partial charge in [-0.15, -0.1) is 0 Å². The van der Waals surface area contributed by atoms with Gasteiger partial charge in [-0.05, 0) is 42.9 Å². The van der Waals surface area contributed by atoms with E-state index in [2.05, 4.69) is 10.2 Å². The van der Waals surface area contributed by atoms with Crippen LogP contribution in [-0.2, 0) is 4.79 Å². The van der Waals surface area contributed by atoms with Gasteiger partial charge in [-0.3, -0.25) is 9.69 Å². The topological polar surface area (TPSA) is 58.4 Å². The van der Waals surface area contributed by atoms with E-state index >= 15 is 0 Å². The van der Waals surface area contributed by atoms with Crippen LogP contribution in [0.15, 0.2) is 18.2 Å². The number of halogens is 2. The highest BCUT2D eigenvalue weighted by atomic mass is 35.5. The van der Waals surface area contributed by atoms with Crippen LogP contribution in [0.25, 0.3) is 0 Å². The van der Waals surface area contributed by atoms with Crippen molar-refractivity contribution in [3.8, 4) is 0 Å². The molecule has 1 aliphatic heterocycles. The first-order valence-corrected chi connectivity index (χ1v) is 8.13. The number of nitrogens with one attached hydrogen (secondary N) is 1. The molecule has 1 aliphatic carbocycles. The fourth-order valence-electron chi connectivity index (χ4n) is 3.72. The Morgan fingerprint density at radius 1 is 1.41 bits per heavy atom. The monoisotopic (exact) mass is 325 g/mol. The summed E-state index contributed by atoms with van der Waals surface area (Å²) in [5.41, 5.74) is 6.64. The standard InChI is InChI=1S/C16H21ClFN3O/c17-13-6-11(18)4-5-15(13)20-16(22)9-21-7-10-2-1-3-14(19)12(10)8-21/h4-6,10,12,14H,1-3,7-9,19H2,(H,20,22). The Morgan fingerprint density at radius 2 is 2.23 bits per heavy atom. The molecular weight excluding hydrogens is 305 g/mol. The van der Waals surface area contributed by atoms with E-state index in [1.54, 1.807) is 0 Å². The molecule has 4 nitrogen and oxygen atoms in total. The number of amides is 1. The molecule has 3 rings (SSSR count). The molecule has 120 valence electrons. The van der Waals surface area contributed by atoms with Crippen molar-refractivity contribution in [2.24, 2.45) is 17.6 Å². The van der Waals surface area contributed by atoms with Gasteiger partial charge in [-0.25, -0.2) is 4.39 Å². The minimum absolute atomic E-state index is 0.124. The Kier molecular flexibility index (Phi) is 4.66. The summed E-state index contributed by atoms with van der Waals surface area (Å²) < 4.78 is 13.0. The molecule has 0 radical (unpaired) electrons. The summed E-state index contributed by atoms with van der Waals surface area (Å²) in [7, 11) is 0. The summed E-state index contributed by atoms with van der Waals surface area (Å²) in [4.78, 5) is 14.3. The molecule has 3 atom stereocenters. The fourth-order valence-corrected chi connectivity index (χ4v) is 3.94. The molecule has 0 bridgehead atoms. The maximum Gasteiger partial charge on any atom is 0.238 e. The normalized spacial score (nSPS) is 28.4. The number of benzene rings is 1. The van der Waals surface area contributed by atoms with Crippen molar-refractivity contribution in [2.45, 2.75) is 25.3 Å². The zero-order valence-electron chi connectivity index (χ0n) is 12.4. The molecule has 1 aromatic carbocycles. The van der Waals surface area contributed by atoms with Gasteiger partial charge >= 0.3 is 0 Å². The largest absolute Gasteiger partial charge is 0.327 e. The lowest BCUT2D eigenvalue weighted by molar-refractivity contribution is -0.117. The number of hydrogen-bond acceptors (Lipinski definition) is 3. The number of carbonyl (C=O) groups is 1. The summed E-state index contributed by atoms with van der Waals surface area (Å²) in [5, 5.41) is 2.96. The SMILES string of the molecule is NC1CCCC2CN(CC(=O)Nc3ccc(F)cc3Cl)CC12. The van der Waals surface area contributed by atoms with Crippen LogP contribution in [0.3, 0.4) is 0 Å². The average molecular weight is 326 g/mol. The van der Waals surface area contributed by atoms with Crippen molar-refractivity contribution >= 4 is 23.2 Å². The van der Waals surface area contributed by atoms with Crippen LogP contribution in [-0.4, -0.2) is 36.5 Å². The van der Waals surface area contributed by atoms with E-state index in [0.29, 0.717) is 24.1 Å². The van der Waals surface area contributed by atoms with Gasteiger partial charge in [0.15, 0.2) is 0 Å². The molecule has 6 heteroatoms. The van der Waals surface area contributed by atoms with Crippen LogP contribution < -0.4 is 11.1 Å². The number of rotatable bonds is 3. The zero-order valence-corrected chi connectivity index (χ0v) is 13.2. The minimum atomic E-state index is -0.416. The number of anilines is 1. The first-order valence-electron chi connectivity index (χ1n) is 7.76. The van der Waals surface area contributed by atoms with E-state index in [4.69, 9.17) is 17.3 Å². The molecular formula is C16H21ClFN3O. The van der Waals surface area contributed by atoms with Crippen LogP contribution in [0.1, 0.15) is 19.3 Å². The van der Waals surface area contributed by atoms with Crippen LogP contribution in [0.4, 0.5) is 10.1 Å². The van der Waals surface area contributed by atoms with E-state index in [-0.39, 0.29) is 17.0 Å². The third-order valence-electron chi connectivity index (χ3n) is 4.80. The second-order valence-electron chi connectivity index (χ2n) is 6.39. The van der Waals surface area contributed by atoms with E-state index in [1.165, 1.54) is 31.0 Å². The number of likely N-dealkylation sites (tertiary alicyclic amines) is 1. The number of nitrogens with two attached hydrogens (primary N) is 1. The van der Waals surface area contributed by atoms with Crippen LogP contribution in [0, 0.1) is 17.7 Å². The summed E-state index contributed by atoms with van der Waals surface area (Å²) in [6, 6.07) is 4.22. The summed E-state index contributed by atoms with van der Waals surface area (Å²) in [6.45, 7) is 2.15. The predicted molar refractivity (Wildman–Crippen MR) is 85.3 cm³/mol. The maximum atomic E-state index is 13.0. The molecule has 3 N–H and O–H groups in total. The number of hydrogen-bond donors (Lipinski definition) is 2. The van der Waals surface area contributed by atoms with Crippen LogP contribution in [0.5, 0.6) is 0 Å². The number of nitrogens with zero attached hydrogens (tertiary/aromatic N) is 1. The van der Waals surface area contributed by atoms with Crippen molar-refractivity contribution in [1.82, 2.24) is 4.90 Å².